The minimum Gasteiger partial charge on any atom is -0.370 e. The van der Waals surface area contributed by atoms with Crippen molar-refractivity contribution >= 4 is 21.8 Å². The van der Waals surface area contributed by atoms with Gasteiger partial charge in [-0.15, -0.1) is 0 Å². The molecule has 4 heteroatoms. The Balaban J connectivity index is 2.09. The number of nitrogens with zero attached hydrogens (tertiary/aromatic N) is 1. The molecule has 0 radical (unpaired) electrons. The Bertz CT molecular complexity index is 377. The van der Waals surface area contributed by atoms with Crippen molar-refractivity contribution in [2.45, 2.75) is 13.0 Å². The van der Waals surface area contributed by atoms with E-state index in [-0.39, 0.29) is 12.0 Å². The number of morpholine rings is 1. The number of amides is 1. The molecule has 1 aromatic rings. The van der Waals surface area contributed by atoms with Crippen LogP contribution in [0, 0.1) is 0 Å². The van der Waals surface area contributed by atoms with Crippen LogP contribution >= 0.6 is 15.9 Å². The van der Waals surface area contributed by atoms with E-state index < -0.39 is 0 Å². The minimum atomic E-state index is 0.00532. The SMILES string of the molecule is CC(=O)N1CCOC(c2ccc(Br)cc2)C1. The van der Waals surface area contributed by atoms with Crippen LogP contribution in [0.2, 0.25) is 0 Å². The second-order valence-electron chi connectivity index (χ2n) is 3.88. The van der Waals surface area contributed by atoms with Crippen LogP contribution in [0.3, 0.4) is 0 Å². The number of benzene rings is 1. The molecule has 2 rings (SSSR count). The summed E-state index contributed by atoms with van der Waals surface area (Å²) in [6.07, 6.45) is 0.00532. The van der Waals surface area contributed by atoms with Crippen LogP contribution in [0.5, 0.6) is 0 Å². The Labute approximate surface area is 104 Å². The average Bonchev–Trinajstić information content (AvgIpc) is 2.30. The third-order valence-corrected chi connectivity index (χ3v) is 3.28. The van der Waals surface area contributed by atoms with Gasteiger partial charge in [0.05, 0.1) is 13.2 Å². The van der Waals surface area contributed by atoms with Crippen LogP contribution in [-0.2, 0) is 9.53 Å². The van der Waals surface area contributed by atoms with Crippen LogP contribution in [0.25, 0.3) is 0 Å². The molecular weight excluding hydrogens is 270 g/mol. The van der Waals surface area contributed by atoms with Crippen molar-refractivity contribution in [3.05, 3.63) is 34.3 Å². The van der Waals surface area contributed by atoms with Crippen molar-refractivity contribution in [3.8, 4) is 0 Å². The van der Waals surface area contributed by atoms with Gasteiger partial charge in [-0.2, -0.15) is 0 Å². The summed E-state index contributed by atoms with van der Waals surface area (Å²) in [4.78, 5) is 13.1. The van der Waals surface area contributed by atoms with E-state index in [1.54, 1.807) is 6.92 Å². The van der Waals surface area contributed by atoms with Crippen LogP contribution < -0.4 is 0 Å². The molecule has 1 aliphatic rings. The summed E-state index contributed by atoms with van der Waals surface area (Å²) >= 11 is 3.40. The van der Waals surface area contributed by atoms with Crippen molar-refractivity contribution in [2.24, 2.45) is 0 Å². The average molecular weight is 284 g/mol. The summed E-state index contributed by atoms with van der Waals surface area (Å²) in [7, 11) is 0. The monoisotopic (exact) mass is 283 g/mol. The normalized spacial score (nSPS) is 20.9. The maximum absolute atomic E-state index is 11.3. The molecule has 3 nitrogen and oxygen atoms in total. The van der Waals surface area contributed by atoms with Crippen molar-refractivity contribution < 1.29 is 9.53 Å². The molecule has 1 saturated heterocycles. The third-order valence-electron chi connectivity index (χ3n) is 2.75. The molecule has 1 fully saturated rings. The van der Waals surface area contributed by atoms with Crippen molar-refractivity contribution in [2.75, 3.05) is 19.7 Å². The first-order chi connectivity index (χ1) is 7.66. The number of hydrogen-bond acceptors (Lipinski definition) is 2. The molecule has 1 amide bonds. The second-order valence-corrected chi connectivity index (χ2v) is 4.79. The molecule has 0 bridgehead atoms. The van der Waals surface area contributed by atoms with E-state index in [0.717, 1.165) is 10.0 Å². The van der Waals surface area contributed by atoms with Crippen molar-refractivity contribution in [3.63, 3.8) is 0 Å². The summed E-state index contributed by atoms with van der Waals surface area (Å²) in [6, 6.07) is 8.04. The predicted octanol–water partition coefficient (Wildman–Crippen LogP) is 2.37. The van der Waals surface area contributed by atoms with Crippen LogP contribution in [0.15, 0.2) is 28.7 Å². The smallest absolute Gasteiger partial charge is 0.219 e. The quantitative estimate of drug-likeness (QED) is 0.792. The second kappa shape index (κ2) is 4.97. The van der Waals surface area contributed by atoms with E-state index >= 15 is 0 Å². The fourth-order valence-electron chi connectivity index (χ4n) is 1.81. The highest BCUT2D eigenvalue weighted by Crippen LogP contribution is 2.23. The number of carbonyl (C=O) groups excluding carboxylic acids is 1. The molecular formula is C12H14BrNO2. The zero-order chi connectivity index (χ0) is 11.5. The maximum Gasteiger partial charge on any atom is 0.219 e. The predicted molar refractivity (Wildman–Crippen MR) is 65.1 cm³/mol. The summed E-state index contributed by atoms with van der Waals surface area (Å²) < 4.78 is 6.73. The van der Waals surface area contributed by atoms with Crippen molar-refractivity contribution in [1.29, 1.82) is 0 Å². The zero-order valence-electron chi connectivity index (χ0n) is 9.15. The maximum atomic E-state index is 11.3. The van der Waals surface area contributed by atoms with Gasteiger partial charge in [0.15, 0.2) is 0 Å². The number of hydrogen-bond donors (Lipinski definition) is 0. The lowest BCUT2D eigenvalue weighted by Gasteiger charge is -2.32. The first-order valence-electron chi connectivity index (χ1n) is 5.29. The Morgan fingerprint density at radius 3 is 2.75 bits per heavy atom. The molecule has 0 spiro atoms. The number of halogens is 1. The van der Waals surface area contributed by atoms with Crippen LogP contribution in [0.1, 0.15) is 18.6 Å². The van der Waals surface area contributed by atoms with E-state index in [0.29, 0.717) is 19.7 Å². The largest absolute Gasteiger partial charge is 0.370 e. The van der Waals surface area contributed by atoms with Gasteiger partial charge < -0.3 is 9.64 Å². The van der Waals surface area contributed by atoms with Gasteiger partial charge >= 0.3 is 0 Å². The molecule has 0 saturated carbocycles. The number of ether oxygens (including phenoxy) is 1. The molecule has 1 unspecified atom stereocenters. The lowest BCUT2D eigenvalue weighted by molar-refractivity contribution is -0.136. The Hall–Kier alpha value is -0.870. The Morgan fingerprint density at radius 2 is 2.12 bits per heavy atom. The van der Waals surface area contributed by atoms with Gasteiger partial charge in [0.2, 0.25) is 5.91 Å². The van der Waals surface area contributed by atoms with Gasteiger partial charge in [-0.3, -0.25) is 4.79 Å². The molecule has 0 aliphatic carbocycles. The minimum absolute atomic E-state index is 0.00532. The van der Waals surface area contributed by atoms with E-state index in [4.69, 9.17) is 4.74 Å². The highest BCUT2D eigenvalue weighted by molar-refractivity contribution is 9.10. The first kappa shape index (κ1) is 11.6. The zero-order valence-corrected chi connectivity index (χ0v) is 10.7. The Morgan fingerprint density at radius 1 is 1.44 bits per heavy atom. The molecule has 1 atom stereocenters. The fraction of sp³-hybridized carbons (Fsp3) is 0.417. The lowest BCUT2D eigenvalue weighted by atomic mass is 10.1. The van der Waals surface area contributed by atoms with E-state index in [9.17, 15) is 4.79 Å². The third kappa shape index (κ3) is 2.62. The van der Waals surface area contributed by atoms with Gasteiger partial charge in [0.25, 0.3) is 0 Å². The summed E-state index contributed by atoms with van der Waals surface area (Å²) in [5, 5.41) is 0. The lowest BCUT2D eigenvalue weighted by Crippen LogP contribution is -2.41. The molecule has 1 heterocycles. The van der Waals surface area contributed by atoms with E-state index in [1.807, 2.05) is 29.2 Å². The van der Waals surface area contributed by atoms with Gasteiger partial charge in [0, 0.05) is 17.9 Å². The van der Waals surface area contributed by atoms with Crippen LogP contribution in [0.4, 0.5) is 0 Å². The highest BCUT2D eigenvalue weighted by Gasteiger charge is 2.23. The first-order valence-corrected chi connectivity index (χ1v) is 6.08. The molecule has 16 heavy (non-hydrogen) atoms. The topological polar surface area (TPSA) is 29.5 Å². The molecule has 0 aromatic heterocycles. The van der Waals surface area contributed by atoms with Crippen LogP contribution in [-0.4, -0.2) is 30.5 Å². The summed E-state index contributed by atoms with van der Waals surface area (Å²) in [6.45, 7) is 3.56. The van der Waals surface area contributed by atoms with E-state index in [1.165, 1.54) is 0 Å². The summed E-state index contributed by atoms with van der Waals surface area (Å²) in [5.41, 5.74) is 1.12. The van der Waals surface area contributed by atoms with Gasteiger partial charge in [-0.05, 0) is 17.7 Å². The highest BCUT2D eigenvalue weighted by atomic mass is 79.9. The fourth-order valence-corrected chi connectivity index (χ4v) is 2.08. The summed E-state index contributed by atoms with van der Waals surface area (Å²) in [5.74, 6) is 0.116. The molecule has 86 valence electrons. The molecule has 1 aliphatic heterocycles. The van der Waals surface area contributed by atoms with E-state index in [2.05, 4.69) is 15.9 Å². The van der Waals surface area contributed by atoms with Gasteiger partial charge in [-0.1, -0.05) is 28.1 Å². The standard InChI is InChI=1S/C12H14BrNO2/c1-9(15)14-6-7-16-12(8-14)10-2-4-11(13)5-3-10/h2-5,12H,6-8H2,1H3. The van der Waals surface area contributed by atoms with Crippen molar-refractivity contribution in [1.82, 2.24) is 4.90 Å². The van der Waals surface area contributed by atoms with Gasteiger partial charge in [0.1, 0.15) is 6.10 Å². The Kier molecular flexibility index (Phi) is 3.61. The van der Waals surface area contributed by atoms with Gasteiger partial charge in [-0.25, -0.2) is 0 Å². The molecule has 1 aromatic carbocycles. The molecule has 0 N–H and O–H groups in total. The number of rotatable bonds is 1. The number of carbonyl (C=O) groups is 1.